The van der Waals surface area contributed by atoms with E-state index in [1.165, 1.54) is 6.07 Å². The summed E-state index contributed by atoms with van der Waals surface area (Å²) in [5.74, 6) is 0. The van der Waals surface area contributed by atoms with Crippen molar-refractivity contribution in [3.63, 3.8) is 0 Å². The van der Waals surface area contributed by atoms with Crippen molar-refractivity contribution in [3.8, 4) is 0 Å². The number of aliphatic hydroxyl groups excluding tert-OH is 1. The number of ether oxygens (including phenoxy) is 1. The van der Waals surface area contributed by atoms with Crippen molar-refractivity contribution in [3.05, 3.63) is 38.3 Å². The van der Waals surface area contributed by atoms with Gasteiger partial charge in [0.15, 0.2) is 0 Å². The molecule has 2 atom stereocenters. The Balaban J connectivity index is 2.39. The van der Waals surface area contributed by atoms with E-state index in [2.05, 4.69) is 15.9 Å². The van der Waals surface area contributed by atoms with Crippen molar-refractivity contribution in [1.29, 1.82) is 0 Å². The Kier molecular flexibility index (Phi) is 3.76. The highest BCUT2D eigenvalue weighted by Gasteiger charge is 2.30. The highest BCUT2D eigenvalue weighted by molar-refractivity contribution is 9.10. The quantitative estimate of drug-likeness (QED) is 0.673. The summed E-state index contributed by atoms with van der Waals surface area (Å²) >= 11 is 3.30. The van der Waals surface area contributed by atoms with Gasteiger partial charge in [0.1, 0.15) is 0 Å². The van der Waals surface area contributed by atoms with Crippen molar-refractivity contribution >= 4 is 21.6 Å². The van der Waals surface area contributed by atoms with Crippen LogP contribution in [0.15, 0.2) is 22.7 Å². The fourth-order valence-corrected chi connectivity index (χ4v) is 2.60. The topological polar surface area (TPSA) is 72.6 Å². The molecule has 0 spiro atoms. The second kappa shape index (κ2) is 5.12. The first-order valence-corrected chi connectivity index (χ1v) is 6.11. The lowest BCUT2D eigenvalue weighted by molar-refractivity contribution is -0.386. The first kappa shape index (κ1) is 12.5. The van der Waals surface area contributed by atoms with Crippen LogP contribution in [-0.2, 0) is 4.74 Å². The predicted molar refractivity (Wildman–Crippen MR) is 64.7 cm³/mol. The maximum Gasteiger partial charge on any atom is 0.276 e. The molecule has 6 heteroatoms. The monoisotopic (exact) mass is 301 g/mol. The Morgan fingerprint density at radius 1 is 1.53 bits per heavy atom. The normalized spacial score (nSPS) is 24.6. The number of aliphatic hydroxyl groups is 1. The smallest absolute Gasteiger partial charge is 0.276 e. The molecule has 5 nitrogen and oxygen atoms in total. The van der Waals surface area contributed by atoms with Gasteiger partial charge in [-0.1, -0.05) is 22.0 Å². The van der Waals surface area contributed by atoms with E-state index in [1.807, 2.05) is 0 Å². The van der Waals surface area contributed by atoms with Crippen molar-refractivity contribution < 1.29 is 14.8 Å². The van der Waals surface area contributed by atoms with Crippen molar-refractivity contribution in [1.82, 2.24) is 0 Å². The summed E-state index contributed by atoms with van der Waals surface area (Å²) in [6.45, 7) is 0.421. The first-order valence-electron chi connectivity index (χ1n) is 5.32. The minimum absolute atomic E-state index is 0.0264. The SMILES string of the molecule is O=[N+]([O-])c1cccc(Br)c1C1CC(O)CCO1. The molecule has 17 heavy (non-hydrogen) atoms. The molecule has 0 bridgehead atoms. The van der Waals surface area contributed by atoms with Crippen LogP contribution in [0.4, 0.5) is 5.69 Å². The van der Waals surface area contributed by atoms with Gasteiger partial charge in [-0.2, -0.15) is 0 Å². The number of rotatable bonds is 2. The number of halogens is 1. The van der Waals surface area contributed by atoms with E-state index in [-0.39, 0.29) is 5.69 Å². The van der Waals surface area contributed by atoms with E-state index < -0.39 is 17.1 Å². The predicted octanol–water partition coefficient (Wildman–Crippen LogP) is 2.57. The Morgan fingerprint density at radius 2 is 2.29 bits per heavy atom. The Bertz CT molecular complexity index is 437. The molecule has 2 rings (SSSR count). The van der Waals surface area contributed by atoms with Crippen LogP contribution in [-0.4, -0.2) is 22.7 Å². The van der Waals surface area contributed by atoms with Crippen LogP contribution in [0.3, 0.4) is 0 Å². The van der Waals surface area contributed by atoms with Crippen molar-refractivity contribution in [2.24, 2.45) is 0 Å². The minimum atomic E-state index is -0.458. The summed E-state index contributed by atoms with van der Waals surface area (Å²) in [5, 5.41) is 20.6. The summed E-state index contributed by atoms with van der Waals surface area (Å²) in [6, 6.07) is 4.81. The van der Waals surface area contributed by atoms with Gasteiger partial charge in [-0.3, -0.25) is 10.1 Å². The second-order valence-corrected chi connectivity index (χ2v) is 4.82. The lowest BCUT2D eigenvalue weighted by atomic mass is 9.98. The molecule has 0 radical (unpaired) electrons. The summed E-state index contributed by atoms with van der Waals surface area (Å²) in [5.41, 5.74) is 0.537. The van der Waals surface area contributed by atoms with Gasteiger partial charge in [0, 0.05) is 23.6 Å². The molecule has 1 fully saturated rings. The number of nitro groups is 1. The van der Waals surface area contributed by atoms with Gasteiger partial charge in [0.2, 0.25) is 0 Å². The molecule has 1 aromatic rings. The van der Waals surface area contributed by atoms with Crippen LogP contribution in [0.2, 0.25) is 0 Å². The Labute approximate surface area is 107 Å². The van der Waals surface area contributed by atoms with Crippen LogP contribution in [0.25, 0.3) is 0 Å². The van der Waals surface area contributed by atoms with Gasteiger partial charge in [-0.25, -0.2) is 0 Å². The largest absolute Gasteiger partial charge is 0.393 e. The number of nitro benzene ring substituents is 1. The molecule has 1 aliphatic heterocycles. The van der Waals surface area contributed by atoms with E-state index in [9.17, 15) is 15.2 Å². The van der Waals surface area contributed by atoms with E-state index in [1.54, 1.807) is 12.1 Å². The molecular formula is C11H12BrNO4. The van der Waals surface area contributed by atoms with E-state index in [0.717, 1.165) is 0 Å². The maximum atomic E-state index is 11.0. The van der Waals surface area contributed by atoms with Crippen molar-refractivity contribution in [2.75, 3.05) is 6.61 Å². The average molecular weight is 302 g/mol. The van der Waals surface area contributed by atoms with E-state index in [0.29, 0.717) is 29.5 Å². The summed E-state index contributed by atoms with van der Waals surface area (Å²) in [6.07, 6.45) is 0.0910. The Morgan fingerprint density at radius 3 is 2.94 bits per heavy atom. The molecule has 1 heterocycles. The van der Waals surface area contributed by atoms with Gasteiger partial charge >= 0.3 is 0 Å². The molecule has 2 unspecified atom stereocenters. The molecule has 0 aliphatic carbocycles. The zero-order valence-electron chi connectivity index (χ0n) is 9.01. The fraction of sp³-hybridized carbons (Fsp3) is 0.455. The van der Waals surface area contributed by atoms with Gasteiger partial charge in [-0.05, 0) is 12.5 Å². The third-order valence-corrected chi connectivity index (χ3v) is 3.50. The van der Waals surface area contributed by atoms with Crippen molar-refractivity contribution in [2.45, 2.75) is 25.0 Å². The number of nitrogens with zero attached hydrogens (tertiary/aromatic N) is 1. The van der Waals surface area contributed by atoms with Crippen LogP contribution in [0.5, 0.6) is 0 Å². The van der Waals surface area contributed by atoms with Crippen LogP contribution < -0.4 is 0 Å². The highest BCUT2D eigenvalue weighted by Crippen LogP contribution is 2.38. The fourth-order valence-electron chi connectivity index (χ4n) is 1.98. The van der Waals surface area contributed by atoms with E-state index in [4.69, 9.17) is 4.74 Å². The van der Waals surface area contributed by atoms with Crippen LogP contribution in [0.1, 0.15) is 24.5 Å². The lowest BCUT2D eigenvalue weighted by Crippen LogP contribution is -2.24. The van der Waals surface area contributed by atoms with Crippen LogP contribution >= 0.6 is 15.9 Å². The second-order valence-electron chi connectivity index (χ2n) is 3.97. The third-order valence-electron chi connectivity index (χ3n) is 2.80. The third kappa shape index (κ3) is 2.65. The summed E-state index contributed by atoms with van der Waals surface area (Å²) < 4.78 is 6.16. The Hall–Kier alpha value is -0.980. The molecule has 1 aliphatic rings. The summed E-state index contributed by atoms with van der Waals surface area (Å²) in [7, 11) is 0. The summed E-state index contributed by atoms with van der Waals surface area (Å²) in [4.78, 5) is 10.5. The molecule has 0 saturated carbocycles. The van der Waals surface area contributed by atoms with Crippen LogP contribution in [0, 0.1) is 10.1 Å². The molecule has 0 aromatic heterocycles. The van der Waals surface area contributed by atoms with Gasteiger partial charge in [0.25, 0.3) is 5.69 Å². The zero-order valence-corrected chi connectivity index (χ0v) is 10.6. The highest BCUT2D eigenvalue weighted by atomic mass is 79.9. The van der Waals surface area contributed by atoms with E-state index >= 15 is 0 Å². The molecular weight excluding hydrogens is 290 g/mol. The number of benzene rings is 1. The number of hydrogen-bond acceptors (Lipinski definition) is 4. The standard InChI is InChI=1S/C11H12BrNO4/c12-8-2-1-3-9(13(15)16)11(8)10-6-7(14)4-5-17-10/h1-3,7,10,14H,4-6H2. The molecule has 1 aromatic carbocycles. The molecule has 92 valence electrons. The zero-order chi connectivity index (χ0) is 12.4. The maximum absolute atomic E-state index is 11.0. The molecule has 1 saturated heterocycles. The molecule has 0 amide bonds. The van der Waals surface area contributed by atoms with Gasteiger partial charge in [-0.15, -0.1) is 0 Å². The average Bonchev–Trinajstić information content (AvgIpc) is 2.28. The number of hydrogen-bond donors (Lipinski definition) is 1. The van der Waals surface area contributed by atoms with Gasteiger partial charge in [0.05, 0.1) is 22.7 Å². The first-order chi connectivity index (χ1) is 8.09. The lowest BCUT2D eigenvalue weighted by Gasteiger charge is -2.27. The minimum Gasteiger partial charge on any atom is -0.393 e. The molecule has 1 N–H and O–H groups in total. The van der Waals surface area contributed by atoms with Gasteiger partial charge < -0.3 is 9.84 Å².